The second-order valence-electron chi connectivity index (χ2n) is 10.3. The Morgan fingerprint density at radius 3 is 2.40 bits per heavy atom. The summed E-state index contributed by atoms with van der Waals surface area (Å²) in [6.07, 6.45) is -2.50. The van der Waals surface area contributed by atoms with Gasteiger partial charge in [-0.3, -0.25) is 0 Å². The van der Waals surface area contributed by atoms with Gasteiger partial charge in [0.15, 0.2) is 0 Å². The maximum atomic E-state index is 13.2. The number of carbonyl (C=O) groups is 1. The monoisotopic (exact) mass is 539 g/mol. The maximum absolute atomic E-state index is 13.2. The van der Waals surface area contributed by atoms with Crippen molar-refractivity contribution in [2.75, 3.05) is 16.5 Å². The Kier molecular flexibility index (Phi) is 5.42. The molecule has 0 radical (unpaired) electrons. The van der Waals surface area contributed by atoms with Crippen LogP contribution in [0.4, 0.5) is 24.5 Å². The van der Waals surface area contributed by atoms with Crippen LogP contribution in [0.3, 0.4) is 0 Å². The van der Waals surface area contributed by atoms with Crippen LogP contribution in [-0.4, -0.2) is 17.6 Å². The molecule has 0 saturated heterocycles. The molecule has 1 N–H and O–H groups in total. The second kappa shape index (κ2) is 8.91. The molecule has 8 heteroatoms. The summed E-state index contributed by atoms with van der Waals surface area (Å²) in [5.74, 6) is -0.565. The Labute approximate surface area is 228 Å². The van der Waals surface area contributed by atoms with E-state index in [9.17, 15) is 18.0 Å². The number of benzene rings is 4. The van der Waals surface area contributed by atoms with Crippen LogP contribution in [0, 0.1) is 6.92 Å². The highest BCUT2D eigenvalue weighted by Crippen LogP contribution is 2.41. The highest BCUT2D eigenvalue weighted by atomic mass is 19.4. The molecular formula is C32H24F3N3O2. The third-order valence-corrected chi connectivity index (χ3v) is 7.75. The van der Waals surface area contributed by atoms with Crippen molar-refractivity contribution in [3.63, 3.8) is 0 Å². The van der Waals surface area contributed by atoms with E-state index in [1.807, 2.05) is 25.3 Å². The molecule has 0 spiro atoms. The standard InChI is InChI=1S/C32H24F3N3O2/c1-19-3-2-4-26(31(39)40-25-8-6-24(7-9-25)32(33,34)35)30(19)21-5-10-28-22(13-21)16-38-18-37(28)17-23-14-27-20(11-12-36-27)15-29(23)38/h2-15,36H,16-18H2,1H3. The van der Waals surface area contributed by atoms with Crippen molar-refractivity contribution in [3.05, 3.63) is 113 Å². The number of nitrogens with one attached hydrogen (secondary N) is 1. The molecule has 2 aliphatic rings. The summed E-state index contributed by atoms with van der Waals surface area (Å²) >= 11 is 0. The minimum absolute atomic E-state index is 0.0551. The first-order valence-corrected chi connectivity index (χ1v) is 13.0. The molecule has 4 aromatic carbocycles. The number of aromatic amines is 1. The van der Waals surface area contributed by atoms with Gasteiger partial charge in [0.1, 0.15) is 5.75 Å². The van der Waals surface area contributed by atoms with E-state index in [2.05, 4.69) is 45.1 Å². The summed E-state index contributed by atoms with van der Waals surface area (Å²) in [4.78, 5) is 21.3. The van der Waals surface area contributed by atoms with Gasteiger partial charge < -0.3 is 19.5 Å². The number of hydrogen-bond acceptors (Lipinski definition) is 4. The van der Waals surface area contributed by atoms with Gasteiger partial charge in [-0.25, -0.2) is 4.79 Å². The number of H-pyrrole nitrogens is 1. The number of aryl methyl sites for hydroxylation is 1. The number of esters is 1. The zero-order valence-corrected chi connectivity index (χ0v) is 21.5. The molecule has 0 amide bonds. The third-order valence-electron chi connectivity index (χ3n) is 7.75. The first-order chi connectivity index (χ1) is 19.2. The zero-order valence-electron chi connectivity index (χ0n) is 21.5. The second-order valence-corrected chi connectivity index (χ2v) is 10.3. The average Bonchev–Trinajstić information content (AvgIpc) is 3.39. The smallest absolute Gasteiger partial charge is 0.416 e. The summed E-state index contributed by atoms with van der Waals surface area (Å²) in [5, 5.41) is 1.18. The van der Waals surface area contributed by atoms with Crippen LogP contribution in [0.1, 0.15) is 32.6 Å². The van der Waals surface area contributed by atoms with Gasteiger partial charge in [-0.2, -0.15) is 13.2 Å². The number of carbonyl (C=O) groups excluding carboxylic acids is 1. The fraction of sp³-hybridized carbons (Fsp3) is 0.156. The third kappa shape index (κ3) is 4.07. The summed E-state index contributed by atoms with van der Waals surface area (Å²) < 4.78 is 44.3. The van der Waals surface area contributed by atoms with E-state index in [0.29, 0.717) is 5.56 Å². The fourth-order valence-corrected chi connectivity index (χ4v) is 5.87. The van der Waals surface area contributed by atoms with Crippen LogP contribution in [-0.2, 0) is 19.3 Å². The molecule has 0 aliphatic carbocycles. The largest absolute Gasteiger partial charge is 0.423 e. The Hall–Kier alpha value is -4.72. The molecular weight excluding hydrogens is 515 g/mol. The molecule has 40 heavy (non-hydrogen) atoms. The average molecular weight is 540 g/mol. The summed E-state index contributed by atoms with van der Waals surface area (Å²) in [6, 6.07) is 22.4. The van der Waals surface area contributed by atoms with Gasteiger partial charge in [-0.05, 0) is 95.4 Å². The predicted molar refractivity (Wildman–Crippen MR) is 149 cm³/mol. The van der Waals surface area contributed by atoms with E-state index in [-0.39, 0.29) is 5.75 Å². The molecule has 3 heterocycles. The lowest BCUT2D eigenvalue weighted by Gasteiger charge is -2.45. The topological polar surface area (TPSA) is 48.6 Å². The minimum Gasteiger partial charge on any atom is -0.423 e. The molecule has 0 unspecified atom stereocenters. The van der Waals surface area contributed by atoms with Crippen molar-refractivity contribution in [2.24, 2.45) is 0 Å². The quantitative estimate of drug-likeness (QED) is 0.189. The van der Waals surface area contributed by atoms with Gasteiger partial charge in [0, 0.05) is 41.6 Å². The number of aromatic nitrogens is 1. The van der Waals surface area contributed by atoms with Gasteiger partial charge in [0.25, 0.3) is 0 Å². The van der Waals surface area contributed by atoms with Crippen molar-refractivity contribution in [3.8, 4) is 16.9 Å². The molecule has 0 fully saturated rings. The van der Waals surface area contributed by atoms with Crippen molar-refractivity contribution in [2.45, 2.75) is 26.2 Å². The van der Waals surface area contributed by atoms with Crippen molar-refractivity contribution >= 4 is 28.2 Å². The molecule has 7 rings (SSSR count). The molecule has 2 aliphatic heterocycles. The highest BCUT2D eigenvalue weighted by Gasteiger charge is 2.31. The minimum atomic E-state index is -4.46. The van der Waals surface area contributed by atoms with E-state index in [1.165, 1.54) is 22.3 Å². The van der Waals surface area contributed by atoms with Crippen LogP contribution in [0.5, 0.6) is 5.75 Å². The molecule has 1 aromatic heterocycles. The van der Waals surface area contributed by atoms with E-state index in [0.717, 1.165) is 71.8 Å². The molecule has 0 atom stereocenters. The summed E-state index contributed by atoms with van der Waals surface area (Å²) in [6.45, 7) is 4.29. The number of alkyl halides is 3. The first-order valence-electron chi connectivity index (χ1n) is 13.0. The lowest BCUT2D eigenvalue weighted by Crippen LogP contribution is -2.46. The number of fused-ring (bicyclic) bond motifs is 7. The Bertz CT molecular complexity index is 1790. The maximum Gasteiger partial charge on any atom is 0.416 e. The lowest BCUT2D eigenvalue weighted by atomic mass is 9.92. The number of hydrogen-bond donors (Lipinski definition) is 1. The Balaban J connectivity index is 1.21. The van der Waals surface area contributed by atoms with Gasteiger partial charge in [0.2, 0.25) is 0 Å². The van der Waals surface area contributed by atoms with Crippen molar-refractivity contribution in [1.82, 2.24) is 4.98 Å². The van der Waals surface area contributed by atoms with Gasteiger partial charge in [0.05, 0.1) is 17.8 Å². The summed E-state index contributed by atoms with van der Waals surface area (Å²) in [5.41, 5.74) is 8.07. The van der Waals surface area contributed by atoms with Crippen LogP contribution in [0.2, 0.25) is 0 Å². The number of ether oxygens (including phenoxy) is 1. The Morgan fingerprint density at radius 1 is 0.875 bits per heavy atom. The molecule has 5 nitrogen and oxygen atoms in total. The number of halogens is 3. The zero-order chi connectivity index (χ0) is 27.6. The fourth-order valence-electron chi connectivity index (χ4n) is 5.87. The molecule has 0 saturated carbocycles. The Morgan fingerprint density at radius 2 is 1.62 bits per heavy atom. The first kappa shape index (κ1) is 24.3. The van der Waals surface area contributed by atoms with Gasteiger partial charge in [-0.1, -0.05) is 18.2 Å². The number of anilines is 2. The van der Waals surface area contributed by atoms with Crippen LogP contribution in [0.15, 0.2) is 85.1 Å². The molecule has 5 aromatic rings. The van der Waals surface area contributed by atoms with Crippen LogP contribution >= 0.6 is 0 Å². The highest BCUT2D eigenvalue weighted by molar-refractivity contribution is 5.99. The van der Waals surface area contributed by atoms with Gasteiger partial charge in [-0.15, -0.1) is 0 Å². The van der Waals surface area contributed by atoms with E-state index < -0.39 is 17.7 Å². The lowest BCUT2D eigenvalue weighted by molar-refractivity contribution is -0.137. The van der Waals surface area contributed by atoms with Crippen molar-refractivity contribution < 1.29 is 22.7 Å². The van der Waals surface area contributed by atoms with Gasteiger partial charge >= 0.3 is 12.1 Å². The van der Waals surface area contributed by atoms with E-state index in [1.54, 1.807) is 12.1 Å². The molecule has 200 valence electrons. The number of rotatable bonds is 3. The summed E-state index contributed by atoms with van der Waals surface area (Å²) in [7, 11) is 0. The SMILES string of the molecule is Cc1cccc(C(=O)Oc2ccc(C(F)(F)F)cc2)c1-c1ccc2c(c1)CN1CN2Cc2cc3[nH]ccc3cc21. The number of nitrogens with zero attached hydrogens (tertiary/aromatic N) is 2. The predicted octanol–water partition coefficient (Wildman–Crippen LogP) is 7.68. The van der Waals surface area contributed by atoms with Crippen molar-refractivity contribution in [1.29, 1.82) is 0 Å². The van der Waals surface area contributed by atoms with E-state index >= 15 is 0 Å². The normalized spacial score (nSPS) is 14.2. The van der Waals surface area contributed by atoms with Crippen LogP contribution in [0.25, 0.3) is 22.0 Å². The van der Waals surface area contributed by atoms with E-state index in [4.69, 9.17) is 4.74 Å². The molecule has 2 bridgehead atoms. The van der Waals surface area contributed by atoms with Crippen LogP contribution < -0.4 is 14.5 Å².